The molecule has 140 valence electrons. The number of alkyl halides is 2. The molecule has 0 unspecified atom stereocenters. The molecule has 0 aromatic rings. The minimum Gasteiger partial charge on any atom is -0.446 e. The van der Waals surface area contributed by atoms with E-state index in [-0.39, 0.29) is 12.0 Å². The second-order valence-electron chi connectivity index (χ2n) is 6.64. The fraction of sp³-hybridized carbons (Fsp3) is 0.833. The van der Waals surface area contributed by atoms with Gasteiger partial charge in [-0.15, -0.1) is 0 Å². The first kappa shape index (κ1) is 21.0. The van der Waals surface area contributed by atoms with E-state index in [1.54, 1.807) is 7.05 Å². The number of hydrogen-bond acceptors (Lipinski definition) is 4. The van der Waals surface area contributed by atoms with Crippen molar-refractivity contribution in [2.75, 3.05) is 13.6 Å². The predicted octanol–water partition coefficient (Wildman–Crippen LogP) is 4.51. The zero-order valence-electron chi connectivity index (χ0n) is 15.8. The summed E-state index contributed by atoms with van der Waals surface area (Å²) in [6.45, 7) is 9.75. The monoisotopic (exact) mass is 346 g/mol. The maximum Gasteiger partial charge on any atom is 0.353 e. The minimum absolute atomic E-state index is 0.0754. The number of rotatable bonds is 9. The van der Waals surface area contributed by atoms with E-state index < -0.39 is 12.2 Å². The van der Waals surface area contributed by atoms with E-state index in [0.717, 1.165) is 37.6 Å². The third kappa shape index (κ3) is 6.48. The van der Waals surface area contributed by atoms with Crippen molar-refractivity contribution in [3.05, 3.63) is 11.3 Å². The standard InChI is InChI=1S/C18H32F2N2O2/c1-7-9-15(22-8-2)17(21-6)23-16(12(3)4)13-10-14(11-13)24-18(5,19)20/h13-15,22H,7-11H2,1-6H3/t13?,14?,15-/m1/s1. The van der Waals surface area contributed by atoms with E-state index in [0.29, 0.717) is 18.7 Å². The Morgan fingerprint density at radius 2 is 1.92 bits per heavy atom. The van der Waals surface area contributed by atoms with Gasteiger partial charge in [0.1, 0.15) is 5.76 Å². The van der Waals surface area contributed by atoms with Gasteiger partial charge in [-0.25, -0.2) is 0 Å². The first-order valence-corrected chi connectivity index (χ1v) is 8.82. The molecule has 1 rings (SSSR count). The molecule has 0 heterocycles. The third-order valence-electron chi connectivity index (χ3n) is 4.09. The maximum absolute atomic E-state index is 12.9. The summed E-state index contributed by atoms with van der Waals surface area (Å²) < 4.78 is 36.7. The summed E-state index contributed by atoms with van der Waals surface area (Å²) in [6, 6.07) is 0.0754. The second-order valence-corrected chi connectivity index (χ2v) is 6.64. The maximum atomic E-state index is 12.9. The Balaban J connectivity index is 2.72. The van der Waals surface area contributed by atoms with Crippen molar-refractivity contribution in [1.82, 2.24) is 5.32 Å². The number of allylic oxidation sites excluding steroid dienone is 2. The van der Waals surface area contributed by atoms with Crippen LogP contribution in [0.5, 0.6) is 0 Å². The van der Waals surface area contributed by atoms with Crippen LogP contribution in [0.4, 0.5) is 8.78 Å². The van der Waals surface area contributed by atoms with Gasteiger partial charge in [-0.2, -0.15) is 8.78 Å². The summed E-state index contributed by atoms with van der Waals surface area (Å²) in [4.78, 5) is 4.31. The van der Waals surface area contributed by atoms with Crippen LogP contribution in [0.15, 0.2) is 16.3 Å². The number of ether oxygens (including phenoxy) is 2. The lowest BCUT2D eigenvalue weighted by molar-refractivity contribution is -0.267. The summed E-state index contributed by atoms with van der Waals surface area (Å²) in [6.07, 6.45) is -0.407. The molecule has 6 heteroatoms. The number of aliphatic imine (C=N–C) groups is 1. The molecule has 1 N–H and O–H groups in total. The van der Waals surface area contributed by atoms with Crippen molar-refractivity contribution in [3.63, 3.8) is 0 Å². The van der Waals surface area contributed by atoms with Crippen molar-refractivity contribution in [2.24, 2.45) is 10.9 Å². The lowest BCUT2D eigenvalue weighted by Crippen LogP contribution is -2.41. The van der Waals surface area contributed by atoms with Crippen LogP contribution in [0.3, 0.4) is 0 Å². The van der Waals surface area contributed by atoms with Gasteiger partial charge in [0.2, 0.25) is 5.90 Å². The molecular formula is C18H32F2N2O2. The molecule has 0 saturated heterocycles. The van der Waals surface area contributed by atoms with Gasteiger partial charge < -0.3 is 14.8 Å². The van der Waals surface area contributed by atoms with E-state index in [2.05, 4.69) is 24.2 Å². The van der Waals surface area contributed by atoms with Gasteiger partial charge in [-0.05, 0) is 45.2 Å². The number of hydrogen-bond donors (Lipinski definition) is 1. The molecule has 1 saturated carbocycles. The molecule has 1 aliphatic rings. The predicted molar refractivity (Wildman–Crippen MR) is 93.4 cm³/mol. The van der Waals surface area contributed by atoms with Gasteiger partial charge in [0.25, 0.3) is 0 Å². The van der Waals surface area contributed by atoms with Crippen LogP contribution in [0.2, 0.25) is 0 Å². The zero-order valence-corrected chi connectivity index (χ0v) is 15.8. The van der Waals surface area contributed by atoms with Gasteiger partial charge in [0.05, 0.1) is 12.1 Å². The van der Waals surface area contributed by atoms with Crippen LogP contribution < -0.4 is 5.32 Å². The summed E-state index contributed by atoms with van der Waals surface area (Å²) >= 11 is 0. The molecule has 0 aromatic carbocycles. The van der Waals surface area contributed by atoms with Crippen LogP contribution in [0.1, 0.15) is 60.3 Å². The summed E-state index contributed by atoms with van der Waals surface area (Å²) in [7, 11) is 1.72. The van der Waals surface area contributed by atoms with Gasteiger partial charge in [0, 0.05) is 19.9 Å². The fourth-order valence-corrected chi connectivity index (χ4v) is 3.00. The average Bonchev–Trinajstić information content (AvgIpc) is 2.43. The van der Waals surface area contributed by atoms with Gasteiger partial charge >= 0.3 is 6.11 Å². The first-order chi connectivity index (χ1) is 11.2. The number of halogens is 2. The summed E-state index contributed by atoms with van der Waals surface area (Å²) in [5.41, 5.74) is 1.05. The highest BCUT2D eigenvalue weighted by Crippen LogP contribution is 2.40. The Hall–Kier alpha value is -1.01. The van der Waals surface area contributed by atoms with E-state index in [4.69, 9.17) is 9.47 Å². The number of nitrogens with zero attached hydrogens (tertiary/aromatic N) is 1. The molecule has 0 aromatic heterocycles. The lowest BCUT2D eigenvalue weighted by atomic mass is 9.79. The van der Waals surface area contributed by atoms with Crippen LogP contribution in [-0.4, -0.2) is 37.7 Å². The van der Waals surface area contributed by atoms with Gasteiger partial charge in [-0.3, -0.25) is 4.99 Å². The van der Waals surface area contributed by atoms with E-state index in [9.17, 15) is 8.78 Å². The summed E-state index contributed by atoms with van der Waals surface area (Å²) in [5, 5.41) is 3.39. The molecule has 24 heavy (non-hydrogen) atoms. The zero-order chi connectivity index (χ0) is 18.3. The molecule has 4 nitrogen and oxygen atoms in total. The third-order valence-corrected chi connectivity index (χ3v) is 4.09. The molecular weight excluding hydrogens is 314 g/mol. The molecule has 0 radical (unpaired) electrons. The topological polar surface area (TPSA) is 42.9 Å². The highest BCUT2D eigenvalue weighted by molar-refractivity contribution is 5.82. The molecule has 0 bridgehead atoms. The van der Waals surface area contributed by atoms with Crippen molar-refractivity contribution in [2.45, 2.75) is 78.6 Å². The minimum atomic E-state index is -3.07. The largest absolute Gasteiger partial charge is 0.446 e. The van der Waals surface area contributed by atoms with Crippen molar-refractivity contribution >= 4 is 5.90 Å². The van der Waals surface area contributed by atoms with Crippen LogP contribution in [-0.2, 0) is 9.47 Å². The van der Waals surface area contributed by atoms with Crippen molar-refractivity contribution in [3.8, 4) is 0 Å². The van der Waals surface area contributed by atoms with Gasteiger partial charge in [0.15, 0.2) is 0 Å². The van der Waals surface area contributed by atoms with E-state index in [1.165, 1.54) is 0 Å². The summed E-state index contributed by atoms with van der Waals surface area (Å²) in [5.74, 6) is 1.62. The van der Waals surface area contributed by atoms with Crippen molar-refractivity contribution in [1.29, 1.82) is 0 Å². The first-order valence-electron chi connectivity index (χ1n) is 8.82. The molecule has 0 amide bonds. The molecule has 0 aliphatic heterocycles. The Morgan fingerprint density at radius 1 is 1.29 bits per heavy atom. The van der Waals surface area contributed by atoms with Gasteiger partial charge in [-0.1, -0.05) is 20.3 Å². The molecule has 0 spiro atoms. The SMILES string of the molecule is CCC[C@@H](NCC)C(=NC)OC(=C(C)C)C1CC(OC(C)(F)F)C1. The Morgan fingerprint density at radius 3 is 2.33 bits per heavy atom. The fourth-order valence-electron chi connectivity index (χ4n) is 3.00. The smallest absolute Gasteiger partial charge is 0.353 e. The Kier molecular flexibility index (Phi) is 8.30. The normalized spacial score (nSPS) is 22.8. The van der Waals surface area contributed by atoms with Crippen LogP contribution in [0.25, 0.3) is 0 Å². The average molecular weight is 346 g/mol. The van der Waals surface area contributed by atoms with Crippen LogP contribution >= 0.6 is 0 Å². The number of likely N-dealkylation sites (N-methyl/N-ethyl adjacent to an activating group) is 1. The quantitative estimate of drug-likeness (QED) is 0.379. The van der Waals surface area contributed by atoms with E-state index in [1.807, 2.05) is 13.8 Å². The van der Waals surface area contributed by atoms with Crippen LogP contribution in [0, 0.1) is 5.92 Å². The molecule has 1 aliphatic carbocycles. The van der Waals surface area contributed by atoms with Crippen molar-refractivity contribution < 1.29 is 18.3 Å². The number of nitrogens with one attached hydrogen (secondary N) is 1. The Bertz CT molecular complexity index is 442. The highest BCUT2D eigenvalue weighted by Gasteiger charge is 2.40. The molecule has 1 fully saturated rings. The highest BCUT2D eigenvalue weighted by atomic mass is 19.3. The second kappa shape index (κ2) is 9.47. The Labute approximate surface area is 144 Å². The molecule has 1 atom stereocenters. The lowest BCUT2D eigenvalue weighted by Gasteiger charge is -2.38. The van der Waals surface area contributed by atoms with E-state index >= 15 is 0 Å².